The van der Waals surface area contributed by atoms with Gasteiger partial charge in [0, 0.05) is 18.5 Å². The Morgan fingerprint density at radius 1 is 1.03 bits per heavy atom. The monoisotopic (exact) mass is 441 g/mol. The number of likely N-dealkylation sites (tertiary alicyclic amines) is 1. The van der Waals surface area contributed by atoms with Crippen molar-refractivity contribution in [1.82, 2.24) is 4.90 Å². The van der Waals surface area contributed by atoms with Crippen LogP contribution in [0.1, 0.15) is 89.8 Å². The molecule has 1 aromatic carbocycles. The zero-order chi connectivity index (χ0) is 23.2. The van der Waals surface area contributed by atoms with Crippen LogP contribution < -0.4 is 0 Å². The third-order valence-electron chi connectivity index (χ3n) is 6.43. The third kappa shape index (κ3) is 7.81. The number of hydrogen-bond acceptors (Lipinski definition) is 2. The number of carboxylic acid groups (broad SMARTS) is 1. The Morgan fingerprint density at radius 2 is 1.58 bits per heavy atom. The maximum absolute atomic E-state index is 13.1. The minimum Gasteiger partial charge on any atom is -0.481 e. The summed E-state index contributed by atoms with van der Waals surface area (Å²) in [6, 6.07) is 5.55. The van der Waals surface area contributed by atoms with Gasteiger partial charge in [-0.1, -0.05) is 39.8 Å². The van der Waals surface area contributed by atoms with E-state index in [2.05, 4.69) is 32.6 Å². The summed E-state index contributed by atoms with van der Waals surface area (Å²) < 4.78 is 39.2. The van der Waals surface area contributed by atoms with Gasteiger partial charge in [0.2, 0.25) is 0 Å². The van der Waals surface area contributed by atoms with Gasteiger partial charge in [0.05, 0.1) is 5.56 Å². The topological polar surface area (TPSA) is 40.5 Å². The molecule has 1 heterocycles. The van der Waals surface area contributed by atoms with Crippen LogP contribution in [0.5, 0.6) is 0 Å². The van der Waals surface area contributed by atoms with Crippen molar-refractivity contribution in [2.24, 2.45) is 17.8 Å². The van der Waals surface area contributed by atoms with Gasteiger partial charge >= 0.3 is 12.1 Å². The number of rotatable bonds is 10. The fraction of sp³-hybridized carbons (Fsp3) is 0.720. The van der Waals surface area contributed by atoms with E-state index in [0.717, 1.165) is 62.8 Å². The molecular weight excluding hydrogens is 403 g/mol. The molecule has 2 rings (SSSR count). The van der Waals surface area contributed by atoms with Crippen LogP contribution >= 0.6 is 0 Å². The van der Waals surface area contributed by atoms with E-state index in [1.165, 1.54) is 0 Å². The highest BCUT2D eigenvalue weighted by molar-refractivity contribution is 5.67. The van der Waals surface area contributed by atoms with Gasteiger partial charge in [0.15, 0.2) is 0 Å². The smallest absolute Gasteiger partial charge is 0.416 e. The Morgan fingerprint density at radius 3 is 2.03 bits per heavy atom. The fourth-order valence-electron chi connectivity index (χ4n) is 4.81. The van der Waals surface area contributed by atoms with E-state index in [4.69, 9.17) is 0 Å². The molecule has 2 atom stereocenters. The number of carboxylic acids is 1. The molecule has 1 aromatic rings. The molecule has 0 aliphatic carbocycles. The van der Waals surface area contributed by atoms with Crippen LogP contribution in [0.25, 0.3) is 0 Å². The molecule has 1 N–H and O–H groups in total. The van der Waals surface area contributed by atoms with E-state index < -0.39 is 17.7 Å². The third-order valence-corrected chi connectivity index (χ3v) is 6.43. The predicted octanol–water partition coefficient (Wildman–Crippen LogP) is 7.17. The maximum atomic E-state index is 13.1. The minimum atomic E-state index is -4.37. The summed E-state index contributed by atoms with van der Waals surface area (Å²) in [6.45, 7) is 9.68. The predicted molar refractivity (Wildman–Crippen MR) is 118 cm³/mol. The van der Waals surface area contributed by atoms with E-state index in [1.807, 2.05) is 0 Å². The van der Waals surface area contributed by atoms with Gasteiger partial charge in [-0.25, -0.2) is 0 Å². The van der Waals surface area contributed by atoms with Gasteiger partial charge in [-0.05, 0) is 80.5 Å². The molecule has 1 saturated heterocycles. The molecule has 0 radical (unpaired) electrons. The highest BCUT2D eigenvalue weighted by Gasteiger charge is 2.38. The van der Waals surface area contributed by atoms with Crippen molar-refractivity contribution in [3.05, 3.63) is 35.4 Å². The van der Waals surface area contributed by atoms with Crippen molar-refractivity contribution in [2.75, 3.05) is 6.54 Å². The Hall–Kier alpha value is -1.56. The summed E-state index contributed by atoms with van der Waals surface area (Å²) in [5, 5.41) is 9.49. The highest BCUT2D eigenvalue weighted by atomic mass is 19.4. The number of halogens is 3. The summed E-state index contributed by atoms with van der Waals surface area (Å²) in [7, 11) is 0. The maximum Gasteiger partial charge on any atom is 0.416 e. The van der Waals surface area contributed by atoms with Gasteiger partial charge in [0.1, 0.15) is 0 Å². The number of benzene rings is 1. The zero-order valence-electron chi connectivity index (χ0n) is 19.3. The molecular formula is C25H38F3NO2. The number of aliphatic carboxylic acids is 1. The van der Waals surface area contributed by atoms with Crippen molar-refractivity contribution in [3.8, 4) is 0 Å². The van der Waals surface area contributed by atoms with Gasteiger partial charge in [-0.15, -0.1) is 0 Å². The molecule has 1 aliphatic heterocycles. The summed E-state index contributed by atoms with van der Waals surface area (Å²) >= 11 is 0. The molecule has 0 amide bonds. The quantitative estimate of drug-likeness (QED) is 0.418. The van der Waals surface area contributed by atoms with Crippen LogP contribution in [-0.2, 0) is 11.0 Å². The Kier molecular flexibility index (Phi) is 9.41. The molecule has 0 aromatic heterocycles. The SMILES string of the molecule is CC(C)CCC(CCC(C)C)N1CCC[C@@H](CC(=O)O)[C@H]1c1ccc(C(F)(F)F)cc1. The first kappa shape index (κ1) is 25.7. The minimum absolute atomic E-state index is 0.0449. The van der Waals surface area contributed by atoms with Gasteiger partial charge in [0.25, 0.3) is 0 Å². The first-order chi connectivity index (χ1) is 14.5. The van der Waals surface area contributed by atoms with Crippen LogP contribution in [0.2, 0.25) is 0 Å². The lowest BCUT2D eigenvalue weighted by Gasteiger charge is -2.46. The van der Waals surface area contributed by atoms with E-state index in [1.54, 1.807) is 12.1 Å². The first-order valence-corrected chi connectivity index (χ1v) is 11.6. The van der Waals surface area contributed by atoms with Crippen LogP contribution in [-0.4, -0.2) is 28.6 Å². The second-order valence-electron chi connectivity index (χ2n) is 9.90. The second kappa shape index (κ2) is 11.3. The molecule has 1 fully saturated rings. The van der Waals surface area contributed by atoms with Gasteiger partial charge in [-0.3, -0.25) is 9.69 Å². The number of hydrogen-bond donors (Lipinski definition) is 1. The van der Waals surface area contributed by atoms with Crippen LogP contribution in [0.3, 0.4) is 0 Å². The van der Waals surface area contributed by atoms with Gasteiger partial charge < -0.3 is 5.11 Å². The molecule has 0 unspecified atom stereocenters. The highest BCUT2D eigenvalue weighted by Crippen LogP contribution is 2.42. The summed E-state index contributed by atoms with van der Waals surface area (Å²) in [6.07, 6.45) is 1.61. The fourth-order valence-corrected chi connectivity index (χ4v) is 4.81. The molecule has 0 bridgehead atoms. The standard InChI is InChI=1S/C25H38F3NO2/c1-17(2)7-13-22(14-8-18(3)4)29-15-5-6-20(16-23(30)31)24(29)19-9-11-21(12-10-19)25(26,27)28/h9-12,17-18,20,22,24H,5-8,13-16H2,1-4H3,(H,30,31)/t20-,24+/m0/s1. The van der Waals surface area contributed by atoms with E-state index >= 15 is 0 Å². The molecule has 176 valence electrons. The van der Waals surface area contributed by atoms with Crippen LogP contribution in [0.4, 0.5) is 13.2 Å². The number of nitrogens with zero attached hydrogens (tertiary/aromatic N) is 1. The molecule has 3 nitrogen and oxygen atoms in total. The largest absolute Gasteiger partial charge is 0.481 e. The average Bonchev–Trinajstić information content (AvgIpc) is 2.66. The van der Waals surface area contributed by atoms with Crippen molar-refractivity contribution in [2.45, 2.75) is 90.9 Å². The van der Waals surface area contributed by atoms with Crippen molar-refractivity contribution in [1.29, 1.82) is 0 Å². The van der Waals surface area contributed by atoms with Gasteiger partial charge in [-0.2, -0.15) is 13.2 Å². The molecule has 0 spiro atoms. The average molecular weight is 442 g/mol. The normalized spacial score (nSPS) is 20.7. The van der Waals surface area contributed by atoms with E-state index in [9.17, 15) is 23.1 Å². The number of carbonyl (C=O) groups is 1. The number of piperidine rings is 1. The first-order valence-electron chi connectivity index (χ1n) is 11.6. The lowest BCUT2D eigenvalue weighted by molar-refractivity contribution is -0.139. The Labute approximate surface area is 185 Å². The number of alkyl halides is 3. The lowest BCUT2D eigenvalue weighted by Crippen LogP contribution is -2.46. The van der Waals surface area contributed by atoms with E-state index in [-0.39, 0.29) is 18.4 Å². The molecule has 31 heavy (non-hydrogen) atoms. The van der Waals surface area contributed by atoms with E-state index in [0.29, 0.717) is 17.9 Å². The Balaban J connectivity index is 2.38. The molecule has 0 saturated carbocycles. The van der Waals surface area contributed by atoms with Crippen molar-refractivity contribution in [3.63, 3.8) is 0 Å². The van der Waals surface area contributed by atoms with Crippen molar-refractivity contribution < 1.29 is 23.1 Å². The molecule has 6 heteroatoms. The van der Waals surface area contributed by atoms with Crippen LogP contribution in [0.15, 0.2) is 24.3 Å². The zero-order valence-corrected chi connectivity index (χ0v) is 19.3. The Bertz CT molecular complexity index is 673. The summed E-state index contributed by atoms with van der Waals surface area (Å²) in [4.78, 5) is 14.0. The molecule has 1 aliphatic rings. The van der Waals surface area contributed by atoms with Crippen LogP contribution in [0, 0.1) is 17.8 Å². The lowest BCUT2D eigenvalue weighted by atomic mass is 9.80. The second-order valence-corrected chi connectivity index (χ2v) is 9.90. The van der Waals surface area contributed by atoms with Crippen molar-refractivity contribution >= 4 is 5.97 Å². The summed E-state index contributed by atoms with van der Waals surface area (Å²) in [5.41, 5.74) is 0.141. The summed E-state index contributed by atoms with van der Waals surface area (Å²) in [5.74, 6) is 0.213.